The Labute approximate surface area is 142 Å². The predicted octanol–water partition coefficient (Wildman–Crippen LogP) is 5.10. The van der Waals surface area contributed by atoms with Crippen LogP contribution in [-0.2, 0) is 0 Å². The summed E-state index contributed by atoms with van der Waals surface area (Å²) in [5.41, 5.74) is 3.38. The number of aryl methyl sites for hydroxylation is 2. The van der Waals surface area contributed by atoms with Crippen molar-refractivity contribution < 1.29 is 13.6 Å². The molecule has 0 aliphatic heterocycles. The molecule has 0 aliphatic carbocycles. The molecule has 24 heavy (non-hydrogen) atoms. The van der Waals surface area contributed by atoms with Crippen LogP contribution in [0, 0.1) is 13.8 Å². The highest BCUT2D eigenvalue weighted by Gasteiger charge is 2.18. The summed E-state index contributed by atoms with van der Waals surface area (Å²) < 4.78 is 11.1. The number of furan rings is 1. The number of benzene rings is 2. The minimum atomic E-state index is -0.320. The number of nitrogens with one attached hydrogen (secondary N) is 1. The van der Waals surface area contributed by atoms with Gasteiger partial charge < -0.3 is 14.2 Å². The first-order chi connectivity index (χ1) is 11.5. The van der Waals surface area contributed by atoms with Gasteiger partial charge in [0.05, 0.1) is 0 Å². The molecule has 0 saturated heterocycles. The molecule has 2 aromatic carbocycles. The molecule has 4 rings (SSSR count). The number of amides is 1. The normalized spacial score (nSPS) is 11.3. The van der Waals surface area contributed by atoms with Crippen LogP contribution in [0.2, 0.25) is 5.02 Å². The van der Waals surface area contributed by atoms with Crippen LogP contribution in [-0.4, -0.2) is 10.9 Å². The number of halogens is 1. The number of hydrogen-bond acceptors (Lipinski definition) is 4. The van der Waals surface area contributed by atoms with Gasteiger partial charge in [-0.2, -0.15) is 0 Å². The van der Waals surface area contributed by atoms with Crippen molar-refractivity contribution in [2.75, 3.05) is 5.32 Å². The summed E-state index contributed by atoms with van der Waals surface area (Å²) in [6, 6.07) is 10.6. The van der Waals surface area contributed by atoms with Crippen molar-refractivity contribution in [3.63, 3.8) is 0 Å². The number of fused-ring (bicyclic) bond motifs is 2. The molecule has 0 unspecified atom stereocenters. The van der Waals surface area contributed by atoms with Gasteiger partial charge in [0.15, 0.2) is 17.2 Å². The molecule has 6 heteroatoms. The van der Waals surface area contributed by atoms with Crippen molar-refractivity contribution >= 4 is 45.3 Å². The Morgan fingerprint density at radius 2 is 1.88 bits per heavy atom. The van der Waals surface area contributed by atoms with Gasteiger partial charge in [0, 0.05) is 28.6 Å². The van der Waals surface area contributed by atoms with Crippen molar-refractivity contribution in [1.82, 2.24) is 4.98 Å². The number of aromatic nitrogens is 1. The first-order valence-corrected chi connectivity index (χ1v) is 7.76. The molecule has 2 heterocycles. The maximum Gasteiger partial charge on any atom is 0.291 e. The molecule has 0 radical (unpaired) electrons. The van der Waals surface area contributed by atoms with E-state index in [0.29, 0.717) is 33.3 Å². The summed E-state index contributed by atoms with van der Waals surface area (Å²) in [6.07, 6.45) is 0. The third-order valence-corrected chi connectivity index (χ3v) is 4.09. The molecule has 5 nitrogen and oxygen atoms in total. The molecule has 1 N–H and O–H groups in total. The standard InChI is InChI=1S/C18H13ClN2O3/c1-9-13-7-11(19)3-5-15(13)24-17(9)18(22)21-12-4-6-16-14(8-12)20-10(2)23-16/h3-8H,1-2H3,(H,21,22). The Morgan fingerprint density at radius 1 is 1.08 bits per heavy atom. The second-order valence-corrected chi connectivity index (χ2v) is 6.00. The molecule has 4 aromatic rings. The summed E-state index contributed by atoms with van der Waals surface area (Å²) in [5, 5.41) is 4.26. The van der Waals surface area contributed by atoms with Crippen LogP contribution >= 0.6 is 11.6 Å². The van der Waals surface area contributed by atoms with Gasteiger partial charge in [0.1, 0.15) is 11.1 Å². The van der Waals surface area contributed by atoms with Gasteiger partial charge in [-0.1, -0.05) is 11.6 Å². The van der Waals surface area contributed by atoms with Crippen LogP contribution in [0.5, 0.6) is 0 Å². The minimum absolute atomic E-state index is 0.267. The second kappa shape index (κ2) is 5.39. The van der Waals surface area contributed by atoms with Crippen molar-refractivity contribution in [1.29, 1.82) is 0 Å². The Hall–Kier alpha value is -2.79. The molecular weight excluding hydrogens is 328 g/mol. The first kappa shape index (κ1) is 14.8. The van der Waals surface area contributed by atoms with Gasteiger partial charge in [-0.05, 0) is 43.3 Å². The molecule has 0 aliphatic rings. The number of anilines is 1. The Morgan fingerprint density at radius 3 is 2.71 bits per heavy atom. The lowest BCUT2D eigenvalue weighted by molar-refractivity contribution is 0.0998. The van der Waals surface area contributed by atoms with Gasteiger partial charge >= 0.3 is 0 Å². The van der Waals surface area contributed by atoms with E-state index >= 15 is 0 Å². The quantitative estimate of drug-likeness (QED) is 0.551. The maximum absolute atomic E-state index is 12.5. The van der Waals surface area contributed by atoms with Crippen LogP contribution in [0.1, 0.15) is 22.0 Å². The second-order valence-electron chi connectivity index (χ2n) is 5.57. The van der Waals surface area contributed by atoms with Crippen molar-refractivity contribution in [3.05, 3.63) is 58.6 Å². The molecule has 0 spiro atoms. The Kier molecular flexibility index (Phi) is 3.32. The van der Waals surface area contributed by atoms with E-state index in [1.807, 2.05) is 6.92 Å². The average Bonchev–Trinajstić information content (AvgIpc) is 3.06. The highest BCUT2D eigenvalue weighted by atomic mass is 35.5. The SMILES string of the molecule is Cc1nc2cc(NC(=O)c3oc4ccc(Cl)cc4c3C)ccc2o1. The van der Waals surface area contributed by atoms with E-state index in [4.69, 9.17) is 20.4 Å². The Balaban J connectivity index is 1.68. The molecule has 120 valence electrons. The molecule has 0 bridgehead atoms. The summed E-state index contributed by atoms with van der Waals surface area (Å²) in [6.45, 7) is 3.61. The lowest BCUT2D eigenvalue weighted by atomic mass is 10.1. The van der Waals surface area contributed by atoms with Crippen molar-refractivity contribution in [2.45, 2.75) is 13.8 Å². The predicted molar refractivity (Wildman–Crippen MR) is 92.7 cm³/mol. The van der Waals surface area contributed by atoms with E-state index in [1.165, 1.54) is 0 Å². The van der Waals surface area contributed by atoms with Gasteiger partial charge in [-0.25, -0.2) is 4.98 Å². The lowest BCUT2D eigenvalue weighted by Crippen LogP contribution is -2.12. The van der Waals surface area contributed by atoms with Crippen LogP contribution in [0.3, 0.4) is 0 Å². The molecular formula is C18H13ClN2O3. The van der Waals surface area contributed by atoms with Crippen LogP contribution in [0.15, 0.2) is 45.2 Å². The average molecular weight is 341 g/mol. The van der Waals surface area contributed by atoms with E-state index < -0.39 is 0 Å². The van der Waals surface area contributed by atoms with Crippen LogP contribution < -0.4 is 5.32 Å². The van der Waals surface area contributed by atoms with Gasteiger partial charge in [-0.3, -0.25) is 4.79 Å². The number of nitrogens with zero attached hydrogens (tertiary/aromatic N) is 1. The zero-order chi connectivity index (χ0) is 16.8. The largest absolute Gasteiger partial charge is 0.451 e. The van der Waals surface area contributed by atoms with Gasteiger partial charge in [-0.15, -0.1) is 0 Å². The number of hydrogen-bond donors (Lipinski definition) is 1. The van der Waals surface area contributed by atoms with Crippen molar-refractivity contribution in [3.8, 4) is 0 Å². The zero-order valence-corrected chi connectivity index (χ0v) is 13.8. The zero-order valence-electron chi connectivity index (χ0n) is 13.0. The van der Waals surface area contributed by atoms with E-state index in [0.717, 1.165) is 10.9 Å². The van der Waals surface area contributed by atoms with Gasteiger partial charge in [0.25, 0.3) is 5.91 Å². The van der Waals surface area contributed by atoms with Crippen molar-refractivity contribution in [2.24, 2.45) is 0 Å². The third kappa shape index (κ3) is 2.43. The van der Waals surface area contributed by atoms with E-state index in [9.17, 15) is 4.79 Å². The highest BCUT2D eigenvalue weighted by molar-refractivity contribution is 6.31. The molecule has 2 aromatic heterocycles. The minimum Gasteiger partial charge on any atom is -0.451 e. The number of carbonyl (C=O) groups is 1. The summed E-state index contributed by atoms with van der Waals surface area (Å²) >= 11 is 6.01. The maximum atomic E-state index is 12.5. The topological polar surface area (TPSA) is 68.3 Å². The van der Waals surface area contributed by atoms with Crippen LogP contribution in [0.4, 0.5) is 5.69 Å². The monoisotopic (exact) mass is 340 g/mol. The molecule has 0 atom stereocenters. The molecule has 0 saturated carbocycles. The fraction of sp³-hybridized carbons (Fsp3) is 0.111. The molecule has 1 amide bonds. The smallest absolute Gasteiger partial charge is 0.291 e. The number of rotatable bonds is 2. The van der Waals surface area contributed by atoms with E-state index in [2.05, 4.69) is 10.3 Å². The number of carbonyl (C=O) groups excluding carboxylic acids is 1. The summed E-state index contributed by atoms with van der Waals surface area (Å²) in [4.78, 5) is 16.8. The Bertz CT molecular complexity index is 1090. The fourth-order valence-electron chi connectivity index (χ4n) is 2.72. The van der Waals surface area contributed by atoms with E-state index in [1.54, 1.807) is 43.3 Å². The fourth-order valence-corrected chi connectivity index (χ4v) is 2.89. The van der Waals surface area contributed by atoms with Gasteiger partial charge in [0.2, 0.25) is 0 Å². The number of oxazole rings is 1. The van der Waals surface area contributed by atoms with E-state index in [-0.39, 0.29) is 11.7 Å². The lowest BCUT2D eigenvalue weighted by Gasteiger charge is -2.03. The first-order valence-electron chi connectivity index (χ1n) is 7.38. The highest BCUT2D eigenvalue weighted by Crippen LogP contribution is 2.28. The third-order valence-electron chi connectivity index (χ3n) is 3.86. The summed E-state index contributed by atoms with van der Waals surface area (Å²) in [7, 11) is 0. The molecule has 0 fully saturated rings. The summed E-state index contributed by atoms with van der Waals surface area (Å²) in [5.74, 6) is 0.529. The van der Waals surface area contributed by atoms with Crippen LogP contribution in [0.25, 0.3) is 22.1 Å².